The molecule has 6 nitrogen and oxygen atoms in total. The molecule has 0 bridgehead atoms. The lowest BCUT2D eigenvalue weighted by atomic mass is 9.99. The van der Waals surface area contributed by atoms with E-state index in [0.717, 1.165) is 11.1 Å². The zero-order valence-corrected chi connectivity index (χ0v) is 14.6. The number of carbonyl (C=O) groups is 1. The third kappa shape index (κ3) is 3.97. The van der Waals surface area contributed by atoms with E-state index in [-0.39, 0.29) is 23.7 Å². The van der Waals surface area contributed by atoms with Crippen molar-refractivity contribution in [3.05, 3.63) is 77.9 Å². The van der Waals surface area contributed by atoms with Crippen LogP contribution in [0.3, 0.4) is 0 Å². The van der Waals surface area contributed by atoms with E-state index in [4.69, 9.17) is 0 Å². The van der Waals surface area contributed by atoms with Crippen molar-refractivity contribution in [3.63, 3.8) is 0 Å². The van der Waals surface area contributed by atoms with Gasteiger partial charge < -0.3 is 5.11 Å². The van der Waals surface area contributed by atoms with Gasteiger partial charge in [0.15, 0.2) is 0 Å². The van der Waals surface area contributed by atoms with Crippen LogP contribution in [0.1, 0.15) is 23.6 Å². The van der Waals surface area contributed by atoms with Crippen molar-refractivity contribution >= 4 is 22.9 Å². The highest BCUT2D eigenvalue weighted by molar-refractivity contribution is 5.85. The molecule has 6 heteroatoms. The monoisotopic (exact) mass is 360 g/mol. The van der Waals surface area contributed by atoms with Crippen molar-refractivity contribution in [1.29, 1.82) is 0 Å². The fourth-order valence-electron chi connectivity index (χ4n) is 3.18. The number of hydrogen-bond donors (Lipinski definition) is 4. The smallest absolute Gasteiger partial charge is 0.258 e. The Kier molecular flexibility index (Phi) is 4.82. The number of hydrazone groups is 1. The second-order valence-electron chi connectivity index (χ2n) is 6.56. The molecule has 1 heterocycles. The van der Waals surface area contributed by atoms with Gasteiger partial charge in [-0.1, -0.05) is 36.4 Å². The number of hydrogen-bond acceptors (Lipinski definition) is 5. The molecule has 4 rings (SSSR count). The molecule has 1 saturated heterocycles. The number of rotatable bonds is 4. The summed E-state index contributed by atoms with van der Waals surface area (Å²) in [6.45, 7) is 0. The van der Waals surface area contributed by atoms with Gasteiger partial charge >= 0.3 is 0 Å². The summed E-state index contributed by atoms with van der Waals surface area (Å²) in [7, 11) is 0. The number of amides is 1. The van der Waals surface area contributed by atoms with E-state index in [1.165, 1.54) is 10.8 Å². The fourth-order valence-corrected chi connectivity index (χ4v) is 3.18. The number of phenolic OH excluding ortho intramolecular Hbond substituents is 1. The minimum Gasteiger partial charge on any atom is -0.508 e. The molecule has 2 unspecified atom stereocenters. The lowest BCUT2D eigenvalue weighted by Crippen LogP contribution is -2.41. The van der Waals surface area contributed by atoms with Gasteiger partial charge in [0.2, 0.25) is 0 Å². The molecule has 3 aromatic rings. The van der Waals surface area contributed by atoms with Crippen LogP contribution in [0.15, 0.2) is 71.8 Å². The Bertz CT molecular complexity index is 985. The van der Waals surface area contributed by atoms with Gasteiger partial charge in [-0.3, -0.25) is 4.79 Å². The molecule has 0 saturated carbocycles. The van der Waals surface area contributed by atoms with Crippen LogP contribution >= 0.6 is 0 Å². The van der Waals surface area contributed by atoms with Gasteiger partial charge in [0.1, 0.15) is 11.8 Å². The first kappa shape index (κ1) is 17.2. The number of hydrazine groups is 1. The van der Waals surface area contributed by atoms with Crippen molar-refractivity contribution < 1.29 is 9.90 Å². The second-order valence-corrected chi connectivity index (χ2v) is 6.56. The van der Waals surface area contributed by atoms with E-state index in [1.54, 1.807) is 30.5 Å². The Morgan fingerprint density at radius 3 is 2.63 bits per heavy atom. The number of nitrogens with one attached hydrogen (secondary N) is 3. The van der Waals surface area contributed by atoms with Crippen molar-refractivity contribution in [2.45, 2.75) is 18.5 Å². The van der Waals surface area contributed by atoms with Crippen molar-refractivity contribution in [2.24, 2.45) is 5.10 Å². The highest BCUT2D eigenvalue weighted by Gasteiger charge is 2.30. The Morgan fingerprint density at radius 1 is 1.04 bits per heavy atom. The van der Waals surface area contributed by atoms with E-state index in [9.17, 15) is 9.90 Å². The van der Waals surface area contributed by atoms with E-state index < -0.39 is 0 Å². The predicted molar refractivity (Wildman–Crippen MR) is 105 cm³/mol. The summed E-state index contributed by atoms with van der Waals surface area (Å²) < 4.78 is 0. The van der Waals surface area contributed by atoms with Gasteiger partial charge in [0.05, 0.1) is 6.21 Å². The quantitative estimate of drug-likeness (QED) is 0.426. The second kappa shape index (κ2) is 7.57. The molecule has 0 aliphatic carbocycles. The first-order valence-electron chi connectivity index (χ1n) is 8.81. The minimum absolute atomic E-state index is 0.0615. The summed E-state index contributed by atoms with van der Waals surface area (Å²) in [5.41, 5.74) is 10.7. The molecule has 2 atom stereocenters. The van der Waals surface area contributed by atoms with Crippen LogP contribution in [0, 0.1) is 0 Å². The highest BCUT2D eigenvalue weighted by atomic mass is 16.3. The SMILES string of the molecule is O=C(N/N=C/c1ccc(O)cc1)C1CC(c2ccc3ccccc3c2)NN1. The number of fused-ring (bicyclic) bond motifs is 1. The number of phenols is 1. The molecule has 1 aliphatic rings. The average Bonchev–Trinajstić information content (AvgIpc) is 3.19. The topological polar surface area (TPSA) is 85.8 Å². The third-order valence-electron chi connectivity index (χ3n) is 4.68. The van der Waals surface area contributed by atoms with E-state index >= 15 is 0 Å². The predicted octanol–water partition coefficient (Wildman–Crippen LogP) is 2.60. The van der Waals surface area contributed by atoms with Gasteiger partial charge in [0.25, 0.3) is 5.91 Å². The summed E-state index contributed by atoms with van der Waals surface area (Å²) in [6, 6.07) is 20.8. The average molecular weight is 360 g/mol. The van der Waals surface area contributed by atoms with Crippen LogP contribution in [0.5, 0.6) is 5.75 Å². The highest BCUT2D eigenvalue weighted by Crippen LogP contribution is 2.25. The molecule has 27 heavy (non-hydrogen) atoms. The Morgan fingerprint density at radius 2 is 1.81 bits per heavy atom. The van der Waals surface area contributed by atoms with Gasteiger partial charge in [-0.25, -0.2) is 16.3 Å². The van der Waals surface area contributed by atoms with Crippen LogP contribution < -0.4 is 16.3 Å². The maximum absolute atomic E-state index is 12.3. The normalized spacial score (nSPS) is 19.6. The van der Waals surface area contributed by atoms with Crippen LogP contribution in [0.2, 0.25) is 0 Å². The summed E-state index contributed by atoms with van der Waals surface area (Å²) in [6.07, 6.45) is 2.18. The van der Waals surface area contributed by atoms with Crippen LogP contribution in [-0.4, -0.2) is 23.3 Å². The van der Waals surface area contributed by atoms with E-state index in [2.05, 4.69) is 51.7 Å². The summed E-state index contributed by atoms with van der Waals surface area (Å²) in [4.78, 5) is 12.3. The number of benzene rings is 3. The van der Waals surface area contributed by atoms with E-state index in [1.807, 2.05) is 12.1 Å². The Hall–Kier alpha value is -3.22. The zero-order valence-electron chi connectivity index (χ0n) is 14.6. The van der Waals surface area contributed by atoms with Crippen molar-refractivity contribution in [3.8, 4) is 5.75 Å². The molecular formula is C21H20N4O2. The molecule has 3 aromatic carbocycles. The first-order valence-corrected chi connectivity index (χ1v) is 8.81. The largest absolute Gasteiger partial charge is 0.508 e. The summed E-state index contributed by atoms with van der Waals surface area (Å²) in [5, 5.41) is 15.6. The number of aromatic hydroxyl groups is 1. The molecule has 1 aliphatic heterocycles. The van der Waals surface area contributed by atoms with Gasteiger partial charge in [-0.2, -0.15) is 5.10 Å². The van der Waals surface area contributed by atoms with Gasteiger partial charge in [-0.15, -0.1) is 0 Å². The molecule has 136 valence electrons. The van der Waals surface area contributed by atoms with E-state index in [0.29, 0.717) is 6.42 Å². The first-order chi connectivity index (χ1) is 13.2. The molecule has 4 N–H and O–H groups in total. The van der Waals surface area contributed by atoms with Gasteiger partial charge in [0, 0.05) is 6.04 Å². The maximum Gasteiger partial charge on any atom is 0.258 e. The third-order valence-corrected chi connectivity index (χ3v) is 4.68. The molecular weight excluding hydrogens is 340 g/mol. The lowest BCUT2D eigenvalue weighted by molar-refractivity contribution is -0.122. The number of carbonyl (C=O) groups excluding carboxylic acids is 1. The standard InChI is InChI=1S/C21H20N4O2/c26-18-9-5-14(6-10-18)13-22-25-21(27)20-12-19(23-24-20)17-8-7-15-3-1-2-4-16(15)11-17/h1-11,13,19-20,23-24,26H,12H2,(H,25,27)/b22-13+. The van der Waals surface area contributed by atoms with Crippen LogP contribution in [0.25, 0.3) is 10.8 Å². The maximum atomic E-state index is 12.3. The number of nitrogens with zero attached hydrogens (tertiary/aromatic N) is 1. The Labute approximate surface area is 156 Å². The van der Waals surface area contributed by atoms with Gasteiger partial charge in [-0.05, 0) is 58.7 Å². The van der Waals surface area contributed by atoms with Crippen LogP contribution in [0.4, 0.5) is 0 Å². The van der Waals surface area contributed by atoms with Crippen molar-refractivity contribution in [1.82, 2.24) is 16.3 Å². The van der Waals surface area contributed by atoms with Crippen LogP contribution in [-0.2, 0) is 4.79 Å². The minimum atomic E-state index is -0.363. The lowest BCUT2D eigenvalue weighted by Gasteiger charge is -2.10. The summed E-state index contributed by atoms with van der Waals surface area (Å²) in [5.74, 6) is -0.00188. The molecule has 0 radical (unpaired) electrons. The molecule has 0 aromatic heterocycles. The molecule has 0 spiro atoms. The summed E-state index contributed by atoms with van der Waals surface area (Å²) >= 11 is 0. The van der Waals surface area contributed by atoms with Crippen molar-refractivity contribution in [2.75, 3.05) is 0 Å². The Balaban J connectivity index is 1.36. The molecule has 1 fully saturated rings. The zero-order chi connectivity index (χ0) is 18.6. The fraction of sp³-hybridized carbons (Fsp3) is 0.143. The molecule has 1 amide bonds.